The second-order valence-electron chi connectivity index (χ2n) is 8.34. The third kappa shape index (κ3) is 5.16. The molecule has 3 aliphatic rings. The van der Waals surface area contributed by atoms with E-state index in [0.29, 0.717) is 50.0 Å². The molecule has 13 nitrogen and oxygen atoms in total. The average Bonchev–Trinajstić information content (AvgIpc) is 2.71. The molecule has 0 amide bonds. The molecular formula is C17H33N13. The zero-order valence-corrected chi connectivity index (χ0v) is 17.2. The van der Waals surface area contributed by atoms with Gasteiger partial charge in [0.1, 0.15) is 0 Å². The van der Waals surface area contributed by atoms with Crippen LogP contribution in [0.15, 0.2) is 4.99 Å². The van der Waals surface area contributed by atoms with Gasteiger partial charge in [-0.1, -0.05) is 0 Å². The largest absolute Gasteiger partial charge is 0.355 e. The normalized spacial score (nSPS) is 29.8. The summed E-state index contributed by atoms with van der Waals surface area (Å²) in [4.78, 5) is 22.3. The molecule has 0 spiro atoms. The van der Waals surface area contributed by atoms with E-state index in [0.717, 1.165) is 32.4 Å². The third-order valence-corrected chi connectivity index (χ3v) is 5.40. The van der Waals surface area contributed by atoms with E-state index in [1.54, 1.807) is 0 Å². The van der Waals surface area contributed by atoms with E-state index in [9.17, 15) is 0 Å². The highest BCUT2D eigenvalue weighted by Gasteiger charge is 2.28. The van der Waals surface area contributed by atoms with E-state index in [4.69, 9.17) is 27.9 Å². The Labute approximate surface area is 176 Å². The van der Waals surface area contributed by atoms with E-state index < -0.39 is 0 Å². The minimum atomic E-state index is -0.0267. The van der Waals surface area contributed by atoms with Gasteiger partial charge in [-0.25, -0.2) is 0 Å². The van der Waals surface area contributed by atoms with Gasteiger partial charge in [0, 0.05) is 63.4 Å². The molecule has 4 rings (SSSR count). The molecule has 4 atom stereocenters. The molecular weight excluding hydrogens is 386 g/mol. The van der Waals surface area contributed by atoms with Crippen LogP contribution in [0.3, 0.4) is 0 Å². The first kappa shape index (κ1) is 20.8. The minimum absolute atomic E-state index is 0.0267. The number of nitrogens with one attached hydrogen (secondary N) is 3. The lowest BCUT2D eigenvalue weighted by Crippen LogP contribution is -2.54. The zero-order valence-electron chi connectivity index (χ0n) is 17.2. The topological polar surface area (TPSA) is 198 Å². The van der Waals surface area contributed by atoms with Gasteiger partial charge in [-0.2, -0.15) is 15.0 Å². The summed E-state index contributed by atoms with van der Waals surface area (Å²) in [6.07, 6.45) is 2.57. The number of aliphatic imine (C=N–C) groups is 1. The Morgan fingerprint density at radius 3 is 1.77 bits per heavy atom. The molecule has 30 heavy (non-hydrogen) atoms. The van der Waals surface area contributed by atoms with Crippen molar-refractivity contribution in [3.63, 3.8) is 0 Å². The van der Waals surface area contributed by atoms with E-state index >= 15 is 0 Å². The highest BCUT2D eigenvalue weighted by molar-refractivity contribution is 5.81. The molecule has 0 radical (unpaired) electrons. The van der Waals surface area contributed by atoms with Crippen LogP contribution in [-0.2, 0) is 0 Å². The molecule has 4 unspecified atom stereocenters. The number of nitrogens with zero attached hydrogens (tertiary/aromatic N) is 6. The molecule has 0 bridgehead atoms. The molecule has 1 aromatic heterocycles. The number of hydrogen-bond donors (Lipinski definition) is 7. The van der Waals surface area contributed by atoms with Crippen LogP contribution in [0, 0.1) is 0 Å². The maximum atomic E-state index is 6.18. The van der Waals surface area contributed by atoms with Crippen LogP contribution in [0.25, 0.3) is 0 Å². The molecule has 1 aromatic rings. The van der Waals surface area contributed by atoms with Crippen molar-refractivity contribution >= 4 is 23.8 Å². The molecule has 0 aliphatic carbocycles. The molecule has 11 N–H and O–H groups in total. The molecule has 13 heteroatoms. The molecule has 2 saturated heterocycles. The molecule has 2 fully saturated rings. The predicted molar refractivity (Wildman–Crippen MR) is 117 cm³/mol. The highest BCUT2D eigenvalue weighted by atomic mass is 15.5. The number of hydrazine groups is 1. The number of nitrogens with two attached hydrogens (primary N) is 4. The van der Waals surface area contributed by atoms with Crippen LogP contribution >= 0.6 is 0 Å². The number of anilines is 3. The van der Waals surface area contributed by atoms with Crippen molar-refractivity contribution in [1.29, 1.82) is 0 Å². The lowest BCUT2D eigenvalue weighted by atomic mass is 10.0. The zero-order chi connectivity index (χ0) is 21.1. The van der Waals surface area contributed by atoms with E-state index in [2.05, 4.69) is 31.1 Å². The molecule has 0 aromatic carbocycles. The van der Waals surface area contributed by atoms with Gasteiger partial charge in [-0.3, -0.25) is 15.8 Å². The Balaban J connectivity index is 1.58. The summed E-state index contributed by atoms with van der Waals surface area (Å²) in [6.45, 7) is 4.19. The molecule has 3 aliphatic heterocycles. The van der Waals surface area contributed by atoms with Crippen molar-refractivity contribution in [2.75, 3.05) is 54.5 Å². The second-order valence-corrected chi connectivity index (χ2v) is 8.34. The van der Waals surface area contributed by atoms with Crippen molar-refractivity contribution < 1.29 is 0 Å². The molecule has 4 heterocycles. The van der Waals surface area contributed by atoms with Crippen LogP contribution in [0.5, 0.6) is 0 Å². The summed E-state index contributed by atoms with van der Waals surface area (Å²) in [7, 11) is 0. The number of guanidine groups is 1. The Bertz CT molecular complexity index is 691. The van der Waals surface area contributed by atoms with Crippen molar-refractivity contribution in [3.05, 3.63) is 0 Å². The van der Waals surface area contributed by atoms with Gasteiger partial charge in [0.15, 0.2) is 0 Å². The predicted octanol–water partition coefficient (Wildman–Crippen LogP) is -3.13. The van der Waals surface area contributed by atoms with Crippen molar-refractivity contribution in [3.8, 4) is 0 Å². The SMILES string of the molecule is NC1CC(N)CN(c2nc(NNC3=NCCCN3)nc(N3CC(N)CC(N)C3)n2)C1. The first-order valence-electron chi connectivity index (χ1n) is 10.5. The summed E-state index contributed by atoms with van der Waals surface area (Å²) in [6, 6.07) is -0.107. The number of hydrogen-bond acceptors (Lipinski definition) is 13. The first-order valence-corrected chi connectivity index (χ1v) is 10.5. The van der Waals surface area contributed by atoms with E-state index in [-0.39, 0.29) is 24.2 Å². The number of aromatic nitrogens is 3. The fourth-order valence-corrected chi connectivity index (χ4v) is 4.11. The van der Waals surface area contributed by atoms with Gasteiger partial charge in [0.2, 0.25) is 23.8 Å². The van der Waals surface area contributed by atoms with Gasteiger partial charge < -0.3 is 38.1 Å². The second kappa shape index (κ2) is 9.12. The van der Waals surface area contributed by atoms with Gasteiger partial charge in [0.05, 0.1) is 0 Å². The van der Waals surface area contributed by atoms with Crippen LogP contribution in [0.2, 0.25) is 0 Å². The van der Waals surface area contributed by atoms with Gasteiger partial charge in [0.25, 0.3) is 0 Å². The maximum Gasteiger partial charge on any atom is 0.248 e. The fourth-order valence-electron chi connectivity index (χ4n) is 4.11. The molecule has 166 valence electrons. The smallest absolute Gasteiger partial charge is 0.248 e. The fraction of sp³-hybridized carbons (Fsp3) is 0.765. The lowest BCUT2D eigenvalue weighted by Gasteiger charge is -2.37. The van der Waals surface area contributed by atoms with Crippen LogP contribution in [0.1, 0.15) is 19.3 Å². The highest BCUT2D eigenvalue weighted by Crippen LogP contribution is 2.21. The summed E-state index contributed by atoms with van der Waals surface area (Å²) in [5.41, 5.74) is 30.8. The summed E-state index contributed by atoms with van der Waals surface area (Å²) in [5, 5.41) is 3.19. The van der Waals surface area contributed by atoms with Crippen molar-refractivity contribution in [2.24, 2.45) is 27.9 Å². The average molecular weight is 420 g/mol. The quantitative estimate of drug-likeness (QED) is 0.242. The maximum absolute atomic E-state index is 6.18. The Morgan fingerprint density at radius 2 is 1.30 bits per heavy atom. The van der Waals surface area contributed by atoms with Crippen molar-refractivity contribution in [2.45, 2.75) is 43.4 Å². The van der Waals surface area contributed by atoms with E-state index in [1.165, 1.54) is 0 Å². The van der Waals surface area contributed by atoms with E-state index in [1.807, 2.05) is 9.80 Å². The lowest BCUT2D eigenvalue weighted by molar-refractivity contribution is 0.441. The van der Waals surface area contributed by atoms with Crippen molar-refractivity contribution in [1.82, 2.24) is 25.7 Å². The summed E-state index contributed by atoms with van der Waals surface area (Å²) < 4.78 is 0. The minimum Gasteiger partial charge on any atom is -0.355 e. The first-order chi connectivity index (χ1) is 14.5. The third-order valence-electron chi connectivity index (χ3n) is 5.40. The Hall–Kier alpha value is -2.48. The number of piperidine rings is 2. The van der Waals surface area contributed by atoms with Gasteiger partial charge in [-0.05, 0) is 19.3 Å². The van der Waals surface area contributed by atoms with Gasteiger partial charge >= 0.3 is 0 Å². The summed E-state index contributed by atoms with van der Waals surface area (Å²) >= 11 is 0. The van der Waals surface area contributed by atoms with Crippen LogP contribution in [-0.4, -0.2) is 84.3 Å². The van der Waals surface area contributed by atoms with Crippen LogP contribution < -0.4 is 48.9 Å². The van der Waals surface area contributed by atoms with Crippen LogP contribution in [0.4, 0.5) is 17.8 Å². The Kier molecular flexibility index (Phi) is 6.32. The molecule has 0 saturated carbocycles. The number of rotatable bonds is 4. The standard InChI is InChI=1S/C17H33N13/c18-10-4-11(19)7-29(6-10)16-24-15(28-27-14-22-2-1-3-23-14)25-17(26-16)30-8-12(20)5-13(21)9-30/h10-13H,1-9,18-21H2,(H2,22,23,27)(H,24,25,26,28). The summed E-state index contributed by atoms with van der Waals surface area (Å²) in [5.74, 6) is 2.10. The van der Waals surface area contributed by atoms with Gasteiger partial charge in [-0.15, -0.1) is 0 Å². The monoisotopic (exact) mass is 419 g/mol. The Morgan fingerprint density at radius 1 is 0.767 bits per heavy atom.